The van der Waals surface area contributed by atoms with E-state index in [-0.39, 0.29) is 17.2 Å². The predicted octanol–water partition coefficient (Wildman–Crippen LogP) is 3.80. The molecule has 0 heterocycles. The molecule has 0 aliphatic heterocycles. The molecule has 0 radical (unpaired) electrons. The molecule has 0 spiro atoms. The zero-order valence-electron chi connectivity index (χ0n) is 15.3. The van der Waals surface area contributed by atoms with Crippen molar-refractivity contribution < 1.29 is 19.1 Å². The number of esters is 1. The van der Waals surface area contributed by atoms with Crippen molar-refractivity contribution in [1.82, 2.24) is 0 Å². The van der Waals surface area contributed by atoms with E-state index in [2.05, 4.69) is 12.2 Å². The second-order valence-corrected chi connectivity index (χ2v) is 6.05. The van der Waals surface area contributed by atoms with E-state index in [1.54, 1.807) is 13.0 Å². The Kier molecular flexibility index (Phi) is 8.09. The Labute approximate surface area is 149 Å². The van der Waals surface area contributed by atoms with E-state index < -0.39 is 11.6 Å². The average Bonchev–Trinajstić information content (AvgIpc) is 2.58. The second kappa shape index (κ2) is 9.80. The van der Waals surface area contributed by atoms with Crippen LogP contribution >= 0.6 is 0 Å². The molecular weight excluding hydrogens is 320 g/mol. The molecule has 6 heteroatoms. The number of rotatable bonds is 9. The van der Waals surface area contributed by atoms with Gasteiger partial charge < -0.3 is 14.8 Å². The molecule has 136 valence electrons. The molecule has 6 nitrogen and oxygen atoms in total. The summed E-state index contributed by atoms with van der Waals surface area (Å²) in [6.45, 7) is 7.59. The van der Waals surface area contributed by atoms with Crippen molar-refractivity contribution >= 4 is 17.6 Å². The third kappa shape index (κ3) is 6.20. The van der Waals surface area contributed by atoms with Gasteiger partial charge >= 0.3 is 5.97 Å². The van der Waals surface area contributed by atoms with E-state index in [4.69, 9.17) is 9.47 Å². The van der Waals surface area contributed by atoms with Gasteiger partial charge in [-0.2, -0.15) is 5.26 Å². The largest absolute Gasteiger partial charge is 0.427 e. The fraction of sp³-hybridized carbons (Fsp3) is 0.526. The maximum Gasteiger partial charge on any atom is 0.308 e. The van der Waals surface area contributed by atoms with Gasteiger partial charge in [0.25, 0.3) is 5.91 Å². The van der Waals surface area contributed by atoms with E-state index >= 15 is 0 Å². The fourth-order valence-electron chi connectivity index (χ4n) is 2.30. The van der Waals surface area contributed by atoms with Crippen LogP contribution in [0.4, 0.5) is 5.69 Å². The van der Waals surface area contributed by atoms with Crippen molar-refractivity contribution in [3.8, 4) is 11.8 Å². The first-order valence-electron chi connectivity index (χ1n) is 8.54. The summed E-state index contributed by atoms with van der Waals surface area (Å²) in [6.07, 6.45) is 3.24. The molecule has 0 aliphatic carbocycles. The lowest BCUT2D eigenvalue weighted by Gasteiger charge is -2.28. The smallest absolute Gasteiger partial charge is 0.308 e. The van der Waals surface area contributed by atoms with Gasteiger partial charge in [-0.3, -0.25) is 9.59 Å². The van der Waals surface area contributed by atoms with Crippen molar-refractivity contribution in [3.05, 3.63) is 23.8 Å². The van der Waals surface area contributed by atoms with Crippen molar-refractivity contribution in [2.45, 2.75) is 59.0 Å². The third-order valence-corrected chi connectivity index (χ3v) is 3.73. The van der Waals surface area contributed by atoms with Gasteiger partial charge in [0.15, 0.2) is 0 Å². The Hall–Kier alpha value is -2.39. The number of ether oxygens (including phenoxy) is 2. The summed E-state index contributed by atoms with van der Waals surface area (Å²) >= 11 is 0. The van der Waals surface area contributed by atoms with E-state index in [0.717, 1.165) is 19.3 Å². The number of hydrogen-bond acceptors (Lipinski definition) is 5. The monoisotopic (exact) mass is 346 g/mol. The maximum atomic E-state index is 12.7. The Balaban J connectivity index is 2.99. The van der Waals surface area contributed by atoms with Gasteiger partial charge in [0.05, 0.1) is 11.3 Å². The summed E-state index contributed by atoms with van der Waals surface area (Å²) in [7, 11) is 0. The minimum Gasteiger partial charge on any atom is -0.427 e. The van der Waals surface area contributed by atoms with Crippen molar-refractivity contribution in [2.24, 2.45) is 0 Å². The molecule has 0 saturated heterocycles. The number of benzene rings is 1. The Morgan fingerprint density at radius 3 is 2.56 bits per heavy atom. The summed E-state index contributed by atoms with van der Waals surface area (Å²) in [5.74, 6) is -0.495. The van der Waals surface area contributed by atoms with Gasteiger partial charge in [-0.15, -0.1) is 0 Å². The molecule has 1 unspecified atom stereocenters. The molecule has 1 N–H and O–H groups in total. The van der Waals surface area contributed by atoms with Gasteiger partial charge in [-0.1, -0.05) is 26.7 Å². The fourth-order valence-corrected chi connectivity index (χ4v) is 2.30. The zero-order valence-corrected chi connectivity index (χ0v) is 15.3. The number of nitrogens with zero attached hydrogens (tertiary/aromatic N) is 1. The van der Waals surface area contributed by atoms with Crippen LogP contribution in [0.5, 0.6) is 5.75 Å². The average molecular weight is 346 g/mol. The number of hydrogen-bond donors (Lipinski definition) is 1. The molecule has 1 aromatic rings. The lowest BCUT2D eigenvalue weighted by molar-refractivity contribution is -0.140. The highest BCUT2D eigenvalue weighted by molar-refractivity contribution is 5.98. The zero-order chi connectivity index (χ0) is 18.9. The SMILES string of the molecule is CCCCC(C)(OCCC)C(=O)Nc1ccc(OC(C)=O)cc1C#N. The van der Waals surface area contributed by atoms with E-state index in [0.29, 0.717) is 18.7 Å². The summed E-state index contributed by atoms with van der Waals surface area (Å²) in [5, 5.41) is 12.1. The topological polar surface area (TPSA) is 88.4 Å². The number of carbonyl (C=O) groups excluding carboxylic acids is 2. The Bertz CT molecular complexity index is 641. The van der Waals surface area contributed by atoms with Crippen LogP contribution in [0.2, 0.25) is 0 Å². The van der Waals surface area contributed by atoms with Gasteiger partial charge in [-0.25, -0.2) is 0 Å². The van der Waals surface area contributed by atoms with Crippen LogP contribution in [0, 0.1) is 11.3 Å². The summed E-state index contributed by atoms with van der Waals surface area (Å²) in [6, 6.07) is 6.52. The molecule has 0 saturated carbocycles. The molecule has 0 bridgehead atoms. The molecule has 0 fully saturated rings. The quantitative estimate of drug-likeness (QED) is 0.543. The first-order valence-corrected chi connectivity index (χ1v) is 8.54. The van der Waals surface area contributed by atoms with E-state index in [9.17, 15) is 14.9 Å². The second-order valence-electron chi connectivity index (χ2n) is 6.05. The van der Waals surface area contributed by atoms with Gasteiger partial charge in [-0.05, 0) is 31.9 Å². The summed E-state index contributed by atoms with van der Waals surface area (Å²) < 4.78 is 10.8. The molecule has 1 rings (SSSR count). The molecule has 1 aromatic carbocycles. The van der Waals surface area contributed by atoms with Gasteiger partial charge in [0, 0.05) is 19.6 Å². The number of carbonyl (C=O) groups is 2. The van der Waals surface area contributed by atoms with Crippen molar-refractivity contribution in [3.63, 3.8) is 0 Å². The van der Waals surface area contributed by atoms with Crippen LogP contribution in [0.15, 0.2) is 18.2 Å². The van der Waals surface area contributed by atoms with E-state index in [1.807, 2.05) is 13.0 Å². The molecule has 1 atom stereocenters. The molecule has 1 amide bonds. The number of nitriles is 1. The Morgan fingerprint density at radius 1 is 1.28 bits per heavy atom. The highest BCUT2D eigenvalue weighted by Gasteiger charge is 2.33. The normalized spacial score (nSPS) is 12.8. The lowest BCUT2D eigenvalue weighted by atomic mass is 9.97. The van der Waals surface area contributed by atoms with Crippen LogP contribution in [-0.4, -0.2) is 24.1 Å². The molecule has 0 aromatic heterocycles. The minimum absolute atomic E-state index is 0.223. The van der Waals surface area contributed by atoms with Gasteiger partial charge in [0.2, 0.25) is 0 Å². The summed E-state index contributed by atoms with van der Waals surface area (Å²) in [5.41, 5.74) is -0.362. The number of amides is 1. The van der Waals surface area contributed by atoms with Crippen LogP contribution in [0.1, 0.15) is 58.9 Å². The molecular formula is C19H26N2O4. The van der Waals surface area contributed by atoms with Gasteiger partial charge in [0.1, 0.15) is 17.4 Å². The standard InChI is InChI=1S/C19H26N2O4/c1-5-7-10-19(4,24-11-6-2)18(23)21-17-9-8-16(25-14(3)22)12-15(17)13-20/h8-9,12H,5-7,10-11H2,1-4H3,(H,21,23). The number of nitrogens with one attached hydrogen (secondary N) is 1. The maximum absolute atomic E-state index is 12.7. The summed E-state index contributed by atoms with van der Waals surface area (Å²) in [4.78, 5) is 23.8. The third-order valence-electron chi connectivity index (χ3n) is 3.73. The predicted molar refractivity (Wildman–Crippen MR) is 95.3 cm³/mol. The molecule has 25 heavy (non-hydrogen) atoms. The first-order chi connectivity index (χ1) is 11.9. The minimum atomic E-state index is -0.951. The van der Waals surface area contributed by atoms with Crippen LogP contribution in [0.25, 0.3) is 0 Å². The first kappa shape index (κ1) is 20.7. The number of anilines is 1. The Morgan fingerprint density at radius 2 is 2.00 bits per heavy atom. The van der Waals surface area contributed by atoms with Crippen LogP contribution in [0.3, 0.4) is 0 Å². The lowest BCUT2D eigenvalue weighted by Crippen LogP contribution is -2.43. The number of unbranched alkanes of at least 4 members (excludes halogenated alkanes) is 1. The highest BCUT2D eigenvalue weighted by atomic mass is 16.5. The highest BCUT2D eigenvalue weighted by Crippen LogP contribution is 2.26. The van der Waals surface area contributed by atoms with E-state index in [1.165, 1.54) is 19.1 Å². The molecule has 0 aliphatic rings. The van der Waals surface area contributed by atoms with Crippen molar-refractivity contribution in [1.29, 1.82) is 5.26 Å². The van der Waals surface area contributed by atoms with Crippen LogP contribution in [-0.2, 0) is 14.3 Å². The van der Waals surface area contributed by atoms with Crippen molar-refractivity contribution in [2.75, 3.05) is 11.9 Å². The van der Waals surface area contributed by atoms with Crippen LogP contribution < -0.4 is 10.1 Å².